The quantitative estimate of drug-likeness (QED) is 0.443. The molecule has 1 aliphatic heterocycles. The number of rotatable bonds is 6. The van der Waals surface area contributed by atoms with Gasteiger partial charge in [0.15, 0.2) is 0 Å². The number of hydrogen-bond donors (Lipinski definition) is 0. The Morgan fingerprint density at radius 3 is 2.74 bits per heavy atom. The van der Waals surface area contributed by atoms with Gasteiger partial charge < -0.3 is 9.64 Å². The maximum atomic E-state index is 6.20. The molecule has 23 heavy (non-hydrogen) atoms. The summed E-state index contributed by atoms with van der Waals surface area (Å²) in [5, 5.41) is 3.59. The average Bonchev–Trinajstić information content (AvgIpc) is 2.81. The van der Waals surface area contributed by atoms with E-state index in [1.54, 1.807) is 24.2 Å². The third-order valence-electron chi connectivity index (χ3n) is 3.94. The summed E-state index contributed by atoms with van der Waals surface area (Å²) in [6, 6.07) is 5.65. The fraction of sp³-hybridized carbons (Fsp3) is 0.389. The van der Waals surface area contributed by atoms with Crippen molar-refractivity contribution >= 4 is 46.5 Å². The Balaban J connectivity index is 2.55. The molecule has 0 fully saturated rings. The second-order valence-corrected chi connectivity index (χ2v) is 7.31. The number of thiocarbonyl (C=S) groups is 1. The fourth-order valence-corrected chi connectivity index (χ4v) is 4.17. The van der Waals surface area contributed by atoms with Crippen LogP contribution in [-0.4, -0.2) is 23.9 Å². The highest BCUT2D eigenvalue weighted by molar-refractivity contribution is 8.07. The van der Waals surface area contributed by atoms with Crippen molar-refractivity contribution in [2.45, 2.75) is 33.6 Å². The molecule has 1 aliphatic rings. The van der Waals surface area contributed by atoms with Gasteiger partial charge in [-0.05, 0) is 38.5 Å². The van der Waals surface area contributed by atoms with Crippen LogP contribution in [0.1, 0.15) is 39.2 Å². The fourth-order valence-electron chi connectivity index (χ4n) is 2.52. The Hall–Kier alpha value is -0.970. The molecule has 2 nitrogen and oxygen atoms in total. The van der Waals surface area contributed by atoms with Gasteiger partial charge in [0.05, 0.1) is 12.1 Å². The molecular weight excluding hydrogens is 346 g/mol. The van der Waals surface area contributed by atoms with Crippen LogP contribution in [0.5, 0.6) is 5.75 Å². The van der Waals surface area contributed by atoms with Crippen LogP contribution in [0, 0.1) is 0 Å². The first-order chi connectivity index (χ1) is 11.0. The number of ether oxygens (including phenoxy) is 1. The normalized spacial score (nSPS) is 16.8. The zero-order chi connectivity index (χ0) is 17.0. The van der Waals surface area contributed by atoms with Crippen LogP contribution in [0.15, 0.2) is 33.8 Å². The van der Waals surface area contributed by atoms with E-state index in [-0.39, 0.29) is 0 Å². The Kier molecular flexibility index (Phi) is 6.57. The lowest BCUT2D eigenvalue weighted by Gasteiger charge is -2.24. The Bertz CT molecular complexity index is 667. The predicted octanol–water partition coefficient (Wildman–Crippen LogP) is 6.12. The van der Waals surface area contributed by atoms with E-state index < -0.39 is 0 Å². The third-order valence-corrected chi connectivity index (χ3v) is 5.65. The van der Waals surface area contributed by atoms with Crippen LogP contribution < -0.4 is 4.74 Å². The minimum absolute atomic E-state index is 0.681. The van der Waals surface area contributed by atoms with Gasteiger partial charge in [0.25, 0.3) is 0 Å². The number of unbranched alkanes of at least 4 members (excludes halogenated alkanes) is 1. The second-order valence-electron chi connectivity index (χ2n) is 5.43. The van der Waals surface area contributed by atoms with E-state index in [9.17, 15) is 0 Å². The lowest BCUT2D eigenvalue weighted by atomic mass is 10.1. The summed E-state index contributed by atoms with van der Waals surface area (Å²) in [6.45, 7) is 7.53. The molecule has 0 amide bonds. The monoisotopic (exact) mass is 367 g/mol. The summed E-state index contributed by atoms with van der Waals surface area (Å²) < 4.78 is 5.51. The van der Waals surface area contributed by atoms with E-state index in [0.717, 1.165) is 36.3 Å². The van der Waals surface area contributed by atoms with Crippen LogP contribution >= 0.6 is 35.6 Å². The summed E-state index contributed by atoms with van der Waals surface area (Å²) in [5.74, 6) is 0.788. The van der Waals surface area contributed by atoms with Gasteiger partial charge in [-0.15, -0.1) is 0 Å². The van der Waals surface area contributed by atoms with E-state index >= 15 is 0 Å². The number of benzene rings is 1. The largest absolute Gasteiger partial charge is 0.496 e. The molecule has 0 atom stereocenters. The first-order valence-electron chi connectivity index (χ1n) is 7.69. The molecule has 0 spiro atoms. The van der Waals surface area contributed by atoms with Gasteiger partial charge in [-0.3, -0.25) is 0 Å². The van der Waals surface area contributed by atoms with Gasteiger partial charge in [0, 0.05) is 38.7 Å². The molecule has 0 aromatic heterocycles. The van der Waals surface area contributed by atoms with Crippen molar-refractivity contribution in [2.75, 3.05) is 13.7 Å². The summed E-state index contributed by atoms with van der Waals surface area (Å²) in [5.41, 5.74) is 3.24. The van der Waals surface area contributed by atoms with E-state index in [2.05, 4.69) is 25.7 Å². The molecule has 1 heterocycles. The van der Waals surface area contributed by atoms with E-state index in [1.165, 1.54) is 15.6 Å². The van der Waals surface area contributed by atoms with Gasteiger partial charge in [0.1, 0.15) is 5.75 Å². The Labute approximate surface area is 153 Å². The van der Waals surface area contributed by atoms with Crippen LogP contribution in [-0.2, 0) is 0 Å². The van der Waals surface area contributed by atoms with E-state index in [4.69, 9.17) is 28.6 Å². The Morgan fingerprint density at radius 2 is 2.13 bits per heavy atom. The van der Waals surface area contributed by atoms with Crippen LogP contribution in [0.3, 0.4) is 0 Å². The molecule has 0 saturated carbocycles. The van der Waals surface area contributed by atoms with E-state index in [1.807, 2.05) is 18.2 Å². The van der Waals surface area contributed by atoms with Crippen molar-refractivity contribution in [3.63, 3.8) is 0 Å². The molecule has 5 heteroatoms. The molecule has 0 saturated heterocycles. The number of allylic oxidation sites excluding steroid dienone is 3. The minimum Gasteiger partial charge on any atom is -0.496 e. The van der Waals surface area contributed by atoms with Crippen molar-refractivity contribution in [1.29, 1.82) is 0 Å². The minimum atomic E-state index is 0.681. The van der Waals surface area contributed by atoms with Crippen molar-refractivity contribution in [3.8, 4) is 5.75 Å². The highest BCUT2D eigenvalue weighted by Crippen LogP contribution is 2.45. The molecule has 0 radical (unpaired) electrons. The Morgan fingerprint density at radius 1 is 1.39 bits per heavy atom. The maximum Gasteiger partial charge on any atom is 0.126 e. The number of halogens is 1. The van der Waals surface area contributed by atoms with Crippen molar-refractivity contribution < 1.29 is 4.74 Å². The highest BCUT2D eigenvalue weighted by Gasteiger charge is 2.26. The average molecular weight is 368 g/mol. The zero-order valence-corrected chi connectivity index (χ0v) is 16.4. The van der Waals surface area contributed by atoms with Gasteiger partial charge in [-0.25, -0.2) is 0 Å². The second kappa shape index (κ2) is 8.22. The summed E-state index contributed by atoms with van der Waals surface area (Å²) in [4.78, 5) is 3.67. The topological polar surface area (TPSA) is 12.5 Å². The molecule has 2 rings (SSSR count). The van der Waals surface area contributed by atoms with Crippen molar-refractivity contribution in [2.24, 2.45) is 0 Å². The summed E-state index contributed by atoms with van der Waals surface area (Å²) in [6.07, 6.45) is 2.31. The standard InChI is InChI=1S/C18H22ClNOS2/c1-5-6-9-20-12(2)13(3)23-18(20)16(11-22)15-10-14(19)7-8-17(15)21-4/h7-8,10-11H,5-6,9H2,1-4H3/b18-16+. The lowest BCUT2D eigenvalue weighted by Crippen LogP contribution is -2.19. The number of nitrogens with zero attached hydrogens (tertiary/aromatic N) is 1. The first kappa shape index (κ1) is 18.4. The molecule has 124 valence electrons. The van der Waals surface area contributed by atoms with Crippen LogP contribution in [0.4, 0.5) is 0 Å². The van der Waals surface area contributed by atoms with Gasteiger partial charge >= 0.3 is 0 Å². The van der Waals surface area contributed by atoms with Crippen LogP contribution in [0.2, 0.25) is 5.02 Å². The molecular formula is C18H22ClNOS2. The summed E-state index contributed by atoms with van der Waals surface area (Å²) in [7, 11) is 1.67. The predicted molar refractivity (Wildman–Crippen MR) is 106 cm³/mol. The molecule has 0 N–H and O–H groups in total. The highest BCUT2D eigenvalue weighted by atomic mass is 35.5. The number of hydrogen-bond acceptors (Lipinski definition) is 4. The molecule has 0 aliphatic carbocycles. The van der Waals surface area contributed by atoms with Gasteiger partial charge in [-0.1, -0.05) is 48.9 Å². The molecule has 1 aromatic rings. The van der Waals surface area contributed by atoms with Crippen LogP contribution in [0.25, 0.3) is 5.57 Å². The maximum absolute atomic E-state index is 6.20. The van der Waals surface area contributed by atoms with E-state index in [0.29, 0.717) is 5.02 Å². The van der Waals surface area contributed by atoms with Gasteiger partial charge in [-0.2, -0.15) is 0 Å². The summed E-state index contributed by atoms with van der Waals surface area (Å²) >= 11 is 13.3. The van der Waals surface area contributed by atoms with Crippen molar-refractivity contribution in [1.82, 2.24) is 4.90 Å². The SMILES string of the molecule is CCCCN1C(C)=C(C)S/C1=C(\C=S)c1cc(Cl)ccc1OC. The zero-order valence-electron chi connectivity index (χ0n) is 14.0. The smallest absolute Gasteiger partial charge is 0.126 e. The molecule has 0 unspecified atom stereocenters. The molecule has 1 aromatic carbocycles. The lowest BCUT2D eigenvalue weighted by molar-refractivity contribution is 0.413. The number of thioether (sulfide) groups is 1. The number of methoxy groups -OCH3 is 1. The third kappa shape index (κ3) is 3.93. The van der Waals surface area contributed by atoms with Gasteiger partial charge in [0.2, 0.25) is 0 Å². The van der Waals surface area contributed by atoms with Crippen molar-refractivity contribution in [3.05, 3.63) is 44.4 Å². The first-order valence-corrected chi connectivity index (χ1v) is 9.36. The molecule has 0 bridgehead atoms.